The highest BCUT2D eigenvalue weighted by molar-refractivity contribution is 5.67. The van der Waals surface area contributed by atoms with E-state index in [2.05, 4.69) is 10.1 Å². The van der Waals surface area contributed by atoms with Crippen molar-refractivity contribution in [3.05, 3.63) is 0 Å². The summed E-state index contributed by atoms with van der Waals surface area (Å²) in [7, 11) is 0. The maximum absolute atomic E-state index is 11.7. The van der Waals surface area contributed by atoms with Crippen LogP contribution in [0, 0.1) is 0 Å². The summed E-state index contributed by atoms with van der Waals surface area (Å²) in [5.41, 5.74) is 0. The molecule has 0 aliphatic heterocycles. The largest absolute Gasteiger partial charge is 0.441 e. The lowest BCUT2D eigenvalue weighted by atomic mass is 10.4. The first-order chi connectivity index (χ1) is 5.24. The van der Waals surface area contributed by atoms with E-state index in [0.29, 0.717) is 6.54 Å². The lowest BCUT2D eigenvalue weighted by molar-refractivity contribution is 0.0660. The van der Waals surface area contributed by atoms with Crippen LogP contribution in [0.1, 0.15) is 6.92 Å². The molecule has 0 aromatic carbocycles. The van der Waals surface area contributed by atoms with Crippen molar-refractivity contribution >= 4 is 6.09 Å². The maximum Gasteiger partial charge on any atom is 0.407 e. The Balaban J connectivity index is 3.54. The Morgan fingerprint density at radius 1 is 1.55 bits per heavy atom. The van der Waals surface area contributed by atoms with Gasteiger partial charge in [0.25, 0.3) is 0 Å². The van der Waals surface area contributed by atoms with Crippen LogP contribution in [0.5, 0.6) is 0 Å². The van der Waals surface area contributed by atoms with Crippen LogP contribution in [0.2, 0.25) is 0 Å². The molecule has 0 bridgehead atoms. The third-order valence-electron chi connectivity index (χ3n) is 0.939. The second-order valence-electron chi connectivity index (χ2n) is 1.87. The minimum absolute atomic E-state index is 0.379. The lowest BCUT2D eigenvalue weighted by Gasteiger charge is -2.10. The normalized spacial score (nSPS) is 9.82. The molecule has 0 rings (SSSR count). The number of alkyl carbamates (subject to hydrolysis) is 1. The summed E-state index contributed by atoms with van der Waals surface area (Å²) in [5.74, 6) is 0. The molecular formula is C6H11F2NO2. The number of carbonyl (C=O) groups is 1. The van der Waals surface area contributed by atoms with E-state index in [0.717, 1.165) is 0 Å². The summed E-state index contributed by atoms with van der Waals surface area (Å²) in [6, 6.07) is 0. The van der Waals surface area contributed by atoms with E-state index in [1.54, 1.807) is 6.92 Å². The Labute approximate surface area is 63.7 Å². The minimum Gasteiger partial charge on any atom is -0.441 e. The van der Waals surface area contributed by atoms with E-state index in [-0.39, 0.29) is 0 Å². The van der Waals surface area contributed by atoms with Gasteiger partial charge in [-0.25, -0.2) is 13.6 Å². The standard InChI is InChI=1S/C6H11F2NO2/c1-2-9-6(10)11-5(3-7)4-8/h5H,2-4H2,1H3,(H,9,10). The van der Waals surface area contributed by atoms with Crippen LogP contribution in [0.4, 0.5) is 13.6 Å². The van der Waals surface area contributed by atoms with Crippen molar-refractivity contribution in [1.82, 2.24) is 5.32 Å². The van der Waals surface area contributed by atoms with Crippen molar-refractivity contribution in [2.45, 2.75) is 13.0 Å². The van der Waals surface area contributed by atoms with Crippen LogP contribution >= 0.6 is 0 Å². The molecule has 0 saturated carbocycles. The number of hydrogen-bond acceptors (Lipinski definition) is 2. The van der Waals surface area contributed by atoms with Crippen LogP contribution in [0.25, 0.3) is 0 Å². The average molecular weight is 167 g/mol. The van der Waals surface area contributed by atoms with Crippen LogP contribution < -0.4 is 5.32 Å². The van der Waals surface area contributed by atoms with Crippen LogP contribution in [0.15, 0.2) is 0 Å². The van der Waals surface area contributed by atoms with E-state index >= 15 is 0 Å². The van der Waals surface area contributed by atoms with E-state index in [9.17, 15) is 13.6 Å². The number of carbonyl (C=O) groups excluding carboxylic acids is 1. The van der Waals surface area contributed by atoms with Crippen molar-refractivity contribution in [1.29, 1.82) is 0 Å². The van der Waals surface area contributed by atoms with Gasteiger partial charge in [-0.3, -0.25) is 0 Å². The summed E-state index contributed by atoms with van der Waals surface area (Å²) in [4.78, 5) is 10.5. The molecule has 3 nitrogen and oxygen atoms in total. The molecule has 0 saturated heterocycles. The van der Waals surface area contributed by atoms with Crippen LogP contribution in [0.3, 0.4) is 0 Å². The first kappa shape index (κ1) is 10.1. The average Bonchev–Trinajstić information content (AvgIpc) is 2.01. The van der Waals surface area contributed by atoms with Crippen molar-refractivity contribution in [3.63, 3.8) is 0 Å². The Morgan fingerprint density at radius 2 is 2.09 bits per heavy atom. The van der Waals surface area contributed by atoms with Gasteiger partial charge >= 0.3 is 6.09 Å². The highest BCUT2D eigenvalue weighted by Crippen LogP contribution is 1.94. The first-order valence-corrected chi connectivity index (χ1v) is 3.31. The van der Waals surface area contributed by atoms with Crippen molar-refractivity contribution < 1.29 is 18.3 Å². The second kappa shape index (κ2) is 5.88. The Hall–Kier alpha value is -0.870. The van der Waals surface area contributed by atoms with E-state index < -0.39 is 25.5 Å². The van der Waals surface area contributed by atoms with Gasteiger partial charge in [0.2, 0.25) is 0 Å². The van der Waals surface area contributed by atoms with Gasteiger partial charge in [0, 0.05) is 6.54 Å². The molecule has 1 N–H and O–H groups in total. The predicted octanol–water partition coefficient (Wildman–Crippen LogP) is 1.04. The molecule has 66 valence electrons. The number of hydrogen-bond donors (Lipinski definition) is 1. The van der Waals surface area contributed by atoms with Gasteiger partial charge < -0.3 is 10.1 Å². The molecule has 0 aromatic rings. The van der Waals surface area contributed by atoms with Gasteiger partial charge in [-0.15, -0.1) is 0 Å². The molecule has 0 aromatic heterocycles. The predicted molar refractivity (Wildman–Crippen MR) is 35.9 cm³/mol. The fourth-order valence-corrected chi connectivity index (χ4v) is 0.442. The number of rotatable bonds is 4. The van der Waals surface area contributed by atoms with Crippen LogP contribution in [-0.2, 0) is 4.74 Å². The SMILES string of the molecule is CCNC(=O)OC(CF)CF. The number of alkyl halides is 2. The summed E-state index contributed by atoms with van der Waals surface area (Å²) in [5, 5.41) is 2.25. The number of nitrogens with one attached hydrogen (secondary N) is 1. The van der Waals surface area contributed by atoms with E-state index in [1.807, 2.05) is 0 Å². The van der Waals surface area contributed by atoms with Crippen molar-refractivity contribution in [2.75, 3.05) is 19.9 Å². The number of ether oxygens (including phenoxy) is 1. The molecule has 0 fully saturated rings. The number of amides is 1. The molecule has 0 aliphatic carbocycles. The molecule has 0 aliphatic rings. The van der Waals surface area contributed by atoms with Gasteiger partial charge in [-0.1, -0.05) is 0 Å². The summed E-state index contributed by atoms with van der Waals surface area (Å²) in [6.07, 6.45) is -2.05. The molecule has 0 heterocycles. The first-order valence-electron chi connectivity index (χ1n) is 3.31. The smallest absolute Gasteiger partial charge is 0.407 e. The molecule has 0 unspecified atom stereocenters. The number of halogens is 2. The van der Waals surface area contributed by atoms with Gasteiger partial charge in [-0.05, 0) is 6.92 Å². The Morgan fingerprint density at radius 3 is 2.45 bits per heavy atom. The van der Waals surface area contributed by atoms with Gasteiger partial charge in [0.05, 0.1) is 0 Å². The highest BCUT2D eigenvalue weighted by Gasteiger charge is 2.12. The molecule has 5 heteroatoms. The van der Waals surface area contributed by atoms with Crippen molar-refractivity contribution in [3.8, 4) is 0 Å². The van der Waals surface area contributed by atoms with E-state index in [1.165, 1.54) is 0 Å². The second-order valence-corrected chi connectivity index (χ2v) is 1.87. The fraction of sp³-hybridized carbons (Fsp3) is 0.833. The quantitative estimate of drug-likeness (QED) is 0.679. The van der Waals surface area contributed by atoms with Crippen LogP contribution in [-0.4, -0.2) is 32.1 Å². The Bertz CT molecular complexity index is 117. The topological polar surface area (TPSA) is 38.3 Å². The zero-order valence-corrected chi connectivity index (χ0v) is 6.27. The molecule has 0 atom stereocenters. The summed E-state index contributed by atoms with van der Waals surface area (Å²) >= 11 is 0. The Kier molecular flexibility index (Phi) is 5.42. The summed E-state index contributed by atoms with van der Waals surface area (Å²) in [6.45, 7) is 0.0759. The van der Waals surface area contributed by atoms with Gasteiger partial charge in [0.15, 0.2) is 6.10 Å². The third-order valence-corrected chi connectivity index (χ3v) is 0.939. The van der Waals surface area contributed by atoms with E-state index in [4.69, 9.17) is 0 Å². The molecule has 0 spiro atoms. The minimum atomic E-state index is -1.26. The molecular weight excluding hydrogens is 156 g/mol. The lowest BCUT2D eigenvalue weighted by Crippen LogP contribution is -2.30. The highest BCUT2D eigenvalue weighted by atomic mass is 19.1. The fourth-order valence-electron chi connectivity index (χ4n) is 0.442. The zero-order valence-electron chi connectivity index (χ0n) is 6.27. The molecule has 1 amide bonds. The zero-order chi connectivity index (χ0) is 8.69. The monoisotopic (exact) mass is 167 g/mol. The molecule has 0 radical (unpaired) electrons. The van der Waals surface area contributed by atoms with Crippen molar-refractivity contribution in [2.24, 2.45) is 0 Å². The van der Waals surface area contributed by atoms with Gasteiger partial charge in [-0.2, -0.15) is 0 Å². The van der Waals surface area contributed by atoms with Gasteiger partial charge in [0.1, 0.15) is 13.3 Å². The maximum atomic E-state index is 11.7. The summed E-state index contributed by atoms with van der Waals surface area (Å²) < 4.78 is 27.7. The third kappa shape index (κ3) is 4.52. The molecule has 11 heavy (non-hydrogen) atoms.